The van der Waals surface area contributed by atoms with Crippen LogP contribution in [0, 0.1) is 11.8 Å². The molecule has 5 atom stereocenters. The second-order valence-electron chi connectivity index (χ2n) is 14.5. The van der Waals surface area contributed by atoms with Crippen molar-refractivity contribution < 1.29 is 34.5 Å². The molecule has 6 aliphatic rings. The average molecular weight is 590 g/mol. The molecule has 4 saturated heterocycles. The van der Waals surface area contributed by atoms with E-state index in [9.17, 15) is 19.8 Å². The number of aliphatic hydroxyl groups excluding tert-OH is 1. The lowest BCUT2D eigenvalue weighted by Crippen LogP contribution is -2.75. The smallest absolute Gasteiger partial charge is 0.235 e. The molecule has 43 heavy (non-hydrogen) atoms. The monoisotopic (exact) mass is 589 g/mol. The van der Waals surface area contributed by atoms with Crippen molar-refractivity contribution in [2.24, 2.45) is 11.8 Å². The summed E-state index contributed by atoms with van der Waals surface area (Å²) in [6.07, 6.45) is 1.47. The Labute approximate surface area is 254 Å². The Kier molecular flexibility index (Phi) is 6.89. The van der Waals surface area contributed by atoms with Crippen LogP contribution in [0.1, 0.15) is 38.3 Å². The molecular weight excluding hydrogens is 542 g/mol. The molecule has 2 bridgehead atoms. The highest BCUT2D eigenvalue weighted by Crippen LogP contribution is 2.48. The molecule has 230 valence electrons. The van der Waals surface area contributed by atoms with Gasteiger partial charge in [-0.1, -0.05) is 31.2 Å². The SMILES string of the molecule is CC([NH3+])CC[N+]12CC[N+](CCc3ccc4c5c(cccc35)N(CC3=C(C(=O)[O-])N5C(=O)C(C(C)O)C5[C@H]3C)C4)(CC1)CC2. The number of carboxylic acids is 1. The Morgan fingerprint density at radius 1 is 1.07 bits per heavy atom. The number of nitrogens with zero attached hydrogens (tertiary/aromatic N) is 4. The number of hydrogen-bond acceptors (Lipinski definition) is 5. The number of carboxylic acid groups (broad SMARTS) is 1. The predicted molar refractivity (Wildman–Crippen MR) is 162 cm³/mol. The van der Waals surface area contributed by atoms with Crippen LogP contribution in [-0.2, 0) is 22.6 Å². The molecule has 2 aromatic rings. The van der Waals surface area contributed by atoms with Gasteiger partial charge in [0.15, 0.2) is 0 Å². The summed E-state index contributed by atoms with van der Waals surface area (Å²) in [5, 5.41) is 25.1. The normalized spacial score (nSPS) is 32.4. The minimum atomic E-state index is -1.31. The summed E-state index contributed by atoms with van der Waals surface area (Å²) in [5.41, 5.74) is 8.73. The maximum Gasteiger partial charge on any atom is 0.235 e. The van der Waals surface area contributed by atoms with Crippen molar-refractivity contribution in [2.75, 3.05) is 63.8 Å². The third kappa shape index (κ3) is 4.50. The van der Waals surface area contributed by atoms with Crippen LogP contribution in [0.5, 0.6) is 0 Å². The van der Waals surface area contributed by atoms with Crippen molar-refractivity contribution in [2.45, 2.75) is 58.3 Å². The molecule has 9 nitrogen and oxygen atoms in total. The lowest BCUT2D eigenvalue weighted by molar-refractivity contribution is -1.08. The first-order chi connectivity index (χ1) is 20.5. The van der Waals surface area contributed by atoms with Gasteiger partial charge in [-0.05, 0) is 42.0 Å². The summed E-state index contributed by atoms with van der Waals surface area (Å²) < 4.78 is 2.55. The summed E-state index contributed by atoms with van der Waals surface area (Å²) in [6, 6.07) is 11.3. The number of aliphatic hydroxyl groups is 1. The topological polar surface area (TPSA) is 112 Å². The molecule has 4 N–H and O–H groups in total. The highest BCUT2D eigenvalue weighted by molar-refractivity contribution is 6.02. The van der Waals surface area contributed by atoms with Crippen molar-refractivity contribution in [1.29, 1.82) is 0 Å². The highest BCUT2D eigenvalue weighted by atomic mass is 16.4. The van der Waals surface area contributed by atoms with Gasteiger partial charge in [-0.25, -0.2) is 0 Å². The van der Waals surface area contributed by atoms with Crippen molar-refractivity contribution >= 4 is 28.3 Å². The second kappa shape index (κ2) is 10.3. The van der Waals surface area contributed by atoms with E-state index >= 15 is 0 Å². The Morgan fingerprint density at radius 2 is 1.74 bits per heavy atom. The highest BCUT2D eigenvalue weighted by Gasteiger charge is 2.58. The lowest BCUT2D eigenvalue weighted by Gasteiger charge is -2.55. The van der Waals surface area contributed by atoms with E-state index in [1.54, 1.807) is 6.92 Å². The van der Waals surface area contributed by atoms with Crippen LogP contribution in [0.15, 0.2) is 41.6 Å². The first-order valence-electron chi connectivity index (χ1n) is 16.3. The molecule has 4 fully saturated rings. The number of amides is 1. The summed E-state index contributed by atoms with van der Waals surface area (Å²) in [4.78, 5) is 28.7. The van der Waals surface area contributed by atoms with Crippen molar-refractivity contribution in [3.63, 3.8) is 0 Å². The van der Waals surface area contributed by atoms with E-state index in [4.69, 9.17) is 0 Å². The molecule has 0 aromatic heterocycles. The second-order valence-corrected chi connectivity index (χ2v) is 14.5. The largest absolute Gasteiger partial charge is 0.543 e. The Bertz CT molecular complexity index is 1490. The third-order valence-electron chi connectivity index (χ3n) is 11.9. The number of β-lactam (4-membered cyclic amide) rings is 1. The van der Waals surface area contributed by atoms with Gasteiger partial charge in [0.05, 0.1) is 48.9 Å². The third-order valence-corrected chi connectivity index (χ3v) is 11.9. The maximum absolute atomic E-state index is 12.8. The van der Waals surface area contributed by atoms with E-state index in [0.29, 0.717) is 19.1 Å². The zero-order valence-corrected chi connectivity index (χ0v) is 25.9. The van der Waals surface area contributed by atoms with Gasteiger partial charge in [0.1, 0.15) is 39.3 Å². The summed E-state index contributed by atoms with van der Waals surface area (Å²) in [5.74, 6) is -2.35. The summed E-state index contributed by atoms with van der Waals surface area (Å²) >= 11 is 0. The van der Waals surface area contributed by atoms with Gasteiger partial charge in [0, 0.05) is 42.9 Å². The van der Waals surface area contributed by atoms with Crippen molar-refractivity contribution in [1.82, 2.24) is 4.90 Å². The zero-order valence-electron chi connectivity index (χ0n) is 25.9. The van der Waals surface area contributed by atoms with E-state index in [1.807, 2.05) is 6.92 Å². The van der Waals surface area contributed by atoms with Crippen LogP contribution in [-0.4, -0.2) is 108 Å². The van der Waals surface area contributed by atoms with Gasteiger partial charge in [0.25, 0.3) is 0 Å². The molecule has 6 heterocycles. The van der Waals surface area contributed by atoms with E-state index in [-0.39, 0.29) is 23.6 Å². The van der Waals surface area contributed by atoms with E-state index in [1.165, 1.54) is 94.5 Å². The Morgan fingerprint density at radius 3 is 2.37 bits per heavy atom. The molecule has 0 aliphatic carbocycles. The number of piperazine rings is 3. The first kappa shape index (κ1) is 28.8. The van der Waals surface area contributed by atoms with Gasteiger partial charge in [0.2, 0.25) is 5.91 Å². The van der Waals surface area contributed by atoms with Gasteiger partial charge < -0.3 is 39.5 Å². The van der Waals surface area contributed by atoms with Gasteiger partial charge >= 0.3 is 0 Å². The predicted octanol–water partition coefficient (Wildman–Crippen LogP) is 0.245. The van der Waals surface area contributed by atoms with Crippen LogP contribution in [0.4, 0.5) is 5.69 Å². The number of anilines is 1. The standard InChI is InChI=1S/C34H46N5O4/c1-21(35)9-11-38-13-16-39(17-14-38,18-15-38)12-10-24-7-8-25-19-36(28-6-4-5-26(24)30(25)28)20-27-22(2)31-29(23(3)40)33(41)37(31)32(27)34(42)43/h4-8,21-23,29,31,40H,9-20,35H2,1-3H3/q+1/p+1/t21?,22-,23?,29?,31?,38?,39?/m0/s1. The molecule has 0 radical (unpaired) electrons. The number of benzene rings is 2. The fourth-order valence-electron chi connectivity index (χ4n) is 9.08. The molecule has 0 spiro atoms. The van der Waals surface area contributed by atoms with Crippen LogP contribution in [0.2, 0.25) is 0 Å². The minimum Gasteiger partial charge on any atom is -0.543 e. The minimum absolute atomic E-state index is 0.00345. The zero-order chi connectivity index (χ0) is 30.3. The first-order valence-corrected chi connectivity index (χ1v) is 16.3. The van der Waals surface area contributed by atoms with Crippen LogP contribution in [0.25, 0.3) is 10.8 Å². The molecule has 6 aliphatic heterocycles. The number of quaternary nitrogens is 3. The molecule has 9 heteroatoms. The van der Waals surface area contributed by atoms with Crippen molar-refractivity contribution in [3.8, 4) is 0 Å². The lowest BCUT2D eigenvalue weighted by atomic mass is 9.77. The Hall–Kier alpha value is -2.98. The van der Waals surface area contributed by atoms with Crippen LogP contribution >= 0.6 is 0 Å². The number of aliphatic carboxylic acids is 1. The van der Waals surface area contributed by atoms with Gasteiger partial charge in [-0.15, -0.1) is 0 Å². The molecule has 0 saturated carbocycles. The van der Waals surface area contributed by atoms with Gasteiger partial charge in [-0.3, -0.25) is 4.79 Å². The number of carbonyl (C=O) groups is 2. The number of carbonyl (C=O) groups excluding carboxylic acids is 2. The maximum atomic E-state index is 12.8. The summed E-state index contributed by atoms with van der Waals surface area (Å²) in [7, 11) is 0. The molecule has 4 unspecified atom stereocenters. The number of rotatable bonds is 10. The number of hydrogen-bond donors (Lipinski definition) is 2. The Balaban J connectivity index is 1.10. The van der Waals surface area contributed by atoms with Crippen LogP contribution < -0.4 is 15.7 Å². The average Bonchev–Trinajstić information content (AvgIpc) is 3.46. The van der Waals surface area contributed by atoms with E-state index in [0.717, 1.165) is 17.7 Å². The van der Waals surface area contributed by atoms with E-state index < -0.39 is 18.0 Å². The molecular formula is C34H47N5O4+2. The fourth-order valence-corrected chi connectivity index (χ4v) is 9.08. The fraction of sp³-hybridized carbons (Fsp3) is 0.588. The van der Waals surface area contributed by atoms with Crippen LogP contribution in [0.3, 0.4) is 0 Å². The molecule has 2 aromatic carbocycles. The van der Waals surface area contributed by atoms with E-state index in [2.05, 4.69) is 47.9 Å². The van der Waals surface area contributed by atoms with Gasteiger partial charge in [-0.2, -0.15) is 0 Å². The van der Waals surface area contributed by atoms with Crippen molar-refractivity contribution in [3.05, 3.63) is 52.7 Å². The summed E-state index contributed by atoms with van der Waals surface area (Å²) in [6.45, 7) is 17.2. The molecule has 8 rings (SSSR count). The number of fused-ring (bicyclic) bond motifs is 4. The molecule has 1 amide bonds. The quantitative estimate of drug-likeness (QED) is 0.305.